The van der Waals surface area contributed by atoms with Crippen molar-refractivity contribution >= 4 is 39.3 Å². The number of rotatable bonds is 7. The molecule has 1 aromatic carbocycles. The van der Waals surface area contributed by atoms with Crippen LogP contribution in [-0.4, -0.2) is 50.3 Å². The molecule has 1 aliphatic rings. The first-order valence-corrected chi connectivity index (χ1v) is 11.4. The molecule has 5 nitrogen and oxygen atoms in total. The highest BCUT2D eigenvalue weighted by atomic mass is 35.5. The SMILES string of the molecule is CS(=O)(=O)N1CCC(C(=O)NCCSCc2c(F)cccc2Cl)CC1. The average molecular weight is 409 g/mol. The number of nitrogens with one attached hydrogen (secondary N) is 1. The van der Waals surface area contributed by atoms with Crippen molar-refractivity contribution in [2.24, 2.45) is 5.92 Å². The van der Waals surface area contributed by atoms with Gasteiger partial charge in [-0.05, 0) is 25.0 Å². The van der Waals surface area contributed by atoms with Gasteiger partial charge in [0.1, 0.15) is 5.82 Å². The second kappa shape index (κ2) is 9.21. The Morgan fingerprint density at radius 2 is 2.08 bits per heavy atom. The fourth-order valence-electron chi connectivity index (χ4n) is 2.68. The van der Waals surface area contributed by atoms with Gasteiger partial charge in [0.2, 0.25) is 15.9 Å². The summed E-state index contributed by atoms with van der Waals surface area (Å²) in [6, 6.07) is 4.61. The molecule has 0 radical (unpaired) electrons. The van der Waals surface area contributed by atoms with Crippen molar-refractivity contribution in [3.05, 3.63) is 34.6 Å². The molecule has 1 amide bonds. The fourth-order valence-corrected chi connectivity index (χ4v) is 4.76. The molecular formula is C16H22ClFN2O3S2. The van der Waals surface area contributed by atoms with Crippen LogP contribution in [0.2, 0.25) is 5.02 Å². The molecule has 0 aliphatic carbocycles. The van der Waals surface area contributed by atoms with Crippen molar-refractivity contribution in [1.29, 1.82) is 0 Å². The molecule has 0 unspecified atom stereocenters. The average Bonchev–Trinajstić information content (AvgIpc) is 2.56. The molecule has 0 saturated carbocycles. The second-order valence-corrected chi connectivity index (χ2v) is 9.47. The van der Waals surface area contributed by atoms with E-state index in [1.54, 1.807) is 12.1 Å². The van der Waals surface area contributed by atoms with Crippen LogP contribution in [-0.2, 0) is 20.6 Å². The van der Waals surface area contributed by atoms with E-state index in [9.17, 15) is 17.6 Å². The van der Waals surface area contributed by atoms with E-state index >= 15 is 0 Å². The van der Waals surface area contributed by atoms with E-state index in [2.05, 4.69) is 5.32 Å². The molecule has 1 aromatic rings. The van der Waals surface area contributed by atoms with Crippen molar-refractivity contribution < 1.29 is 17.6 Å². The molecule has 1 heterocycles. The van der Waals surface area contributed by atoms with Crippen molar-refractivity contribution in [2.75, 3.05) is 31.6 Å². The van der Waals surface area contributed by atoms with Crippen LogP contribution in [0.5, 0.6) is 0 Å². The first kappa shape index (κ1) is 20.5. The summed E-state index contributed by atoms with van der Waals surface area (Å²) in [7, 11) is -3.18. The van der Waals surface area contributed by atoms with Crippen molar-refractivity contribution in [3.8, 4) is 0 Å². The molecule has 2 rings (SSSR count). The third kappa shape index (κ3) is 6.13. The maximum absolute atomic E-state index is 13.6. The molecule has 0 atom stereocenters. The normalized spacial score (nSPS) is 16.8. The van der Waals surface area contributed by atoms with Crippen LogP contribution in [0.4, 0.5) is 4.39 Å². The predicted molar refractivity (Wildman–Crippen MR) is 99.7 cm³/mol. The van der Waals surface area contributed by atoms with Gasteiger partial charge in [-0.15, -0.1) is 0 Å². The van der Waals surface area contributed by atoms with Gasteiger partial charge in [0, 0.05) is 47.6 Å². The van der Waals surface area contributed by atoms with Crippen molar-refractivity contribution in [3.63, 3.8) is 0 Å². The number of piperidine rings is 1. The van der Waals surface area contributed by atoms with E-state index in [4.69, 9.17) is 11.6 Å². The van der Waals surface area contributed by atoms with E-state index in [1.165, 1.54) is 28.4 Å². The molecule has 0 aromatic heterocycles. The zero-order chi connectivity index (χ0) is 18.4. The Hall–Kier alpha value is -0.830. The van der Waals surface area contributed by atoms with Crippen LogP contribution in [0.1, 0.15) is 18.4 Å². The van der Waals surface area contributed by atoms with Crippen molar-refractivity contribution in [2.45, 2.75) is 18.6 Å². The van der Waals surface area contributed by atoms with E-state index in [0.29, 0.717) is 54.6 Å². The smallest absolute Gasteiger partial charge is 0.223 e. The quantitative estimate of drug-likeness (QED) is 0.704. The van der Waals surface area contributed by atoms with Crippen molar-refractivity contribution in [1.82, 2.24) is 9.62 Å². The van der Waals surface area contributed by atoms with Gasteiger partial charge < -0.3 is 5.32 Å². The number of nitrogens with zero attached hydrogens (tertiary/aromatic N) is 1. The Bertz CT molecular complexity index is 687. The molecule has 0 bridgehead atoms. The topological polar surface area (TPSA) is 66.5 Å². The Morgan fingerprint density at radius 3 is 2.68 bits per heavy atom. The Balaban J connectivity index is 1.66. The van der Waals surface area contributed by atoms with Gasteiger partial charge in [-0.25, -0.2) is 17.1 Å². The summed E-state index contributed by atoms with van der Waals surface area (Å²) in [5.41, 5.74) is 0.480. The maximum atomic E-state index is 13.6. The van der Waals surface area contributed by atoms with Crippen LogP contribution in [0, 0.1) is 11.7 Å². The number of hydrogen-bond donors (Lipinski definition) is 1. The van der Waals surface area contributed by atoms with Gasteiger partial charge >= 0.3 is 0 Å². The molecule has 25 heavy (non-hydrogen) atoms. The monoisotopic (exact) mass is 408 g/mol. The molecule has 140 valence electrons. The Kier molecular flexibility index (Phi) is 7.54. The highest BCUT2D eigenvalue weighted by molar-refractivity contribution is 7.98. The van der Waals surface area contributed by atoms with Crippen LogP contribution in [0.25, 0.3) is 0 Å². The third-order valence-corrected chi connectivity index (χ3v) is 6.79. The number of sulfonamides is 1. The molecule has 1 saturated heterocycles. The maximum Gasteiger partial charge on any atom is 0.223 e. The largest absolute Gasteiger partial charge is 0.355 e. The van der Waals surface area contributed by atoms with Gasteiger partial charge in [0.25, 0.3) is 0 Å². The number of halogens is 2. The molecule has 1 aliphatic heterocycles. The first-order valence-electron chi connectivity index (χ1n) is 8.02. The van der Waals surface area contributed by atoms with E-state index in [0.717, 1.165) is 0 Å². The number of carbonyl (C=O) groups excluding carboxylic acids is 1. The van der Waals surface area contributed by atoms with Crippen LogP contribution in [0.15, 0.2) is 18.2 Å². The first-order chi connectivity index (χ1) is 11.8. The lowest BCUT2D eigenvalue weighted by atomic mass is 9.97. The highest BCUT2D eigenvalue weighted by Crippen LogP contribution is 2.24. The molecule has 1 fully saturated rings. The minimum atomic E-state index is -3.18. The minimum Gasteiger partial charge on any atom is -0.355 e. The van der Waals surface area contributed by atoms with Gasteiger partial charge in [0.15, 0.2) is 0 Å². The third-order valence-electron chi connectivity index (χ3n) is 4.15. The van der Waals surface area contributed by atoms with Crippen LogP contribution in [0.3, 0.4) is 0 Å². The summed E-state index contributed by atoms with van der Waals surface area (Å²) in [4.78, 5) is 12.1. The Labute approximate surface area is 157 Å². The summed E-state index contributed by atoms with van der Waals surface area (Å²) in [6.07, 6.45) is 2.26. The van der Waals surface area contributed by atoms with E-state index in [1.807, 2.05) is 0 Å². The zero-order valence-corrected chi connectivity index (χ0v) is 16.4. The van der Waals surface area contributed by atoms with Crippen LogP contribution >= 0.6 is 23.4 Å². The highest BCUT2D eigenvalue weighted by Gasteiger charge is 2.28. The van der Waals surface area contributed by atoms with E-state index in [-0.39, 0.29) is 17.6 Å². The lowest BCUT2D eigenvalue weighted by Crippen LogP contribution is -2.42. The van der Waals surface area contributed by atoms with Gasteiger partial charge in [0.05, 0.1) is 6.26 Å². The van der Waals surface area contributed by atoms with Gasteiger partial charge in [-0.1, -0.05) is 17.7 Å². The predicted octanol–water partition coefficient (Wildman–Crippen LogP) is 2.50. The summed E-state index contributed by atoms with van der Waals surface area (Å²) >= 11 is 7.47. The Morgan fingerprint density at radius 1 is 1.40 bits per heavy atom. The fraction of sp³-hybridized carbons (Fsp3) is 0.562. The summed E-state index contributed by atoms with van der Waals surface area (Å²) in [5, 5.41) is 3.28. The number of amides is 1. The zero-order valence-electron chi connectivity index (χ0n) is 14.0. The molecular weight excluding hydrogens is 387 g/mol. The van der Waals surface area contributed by atoms with E-state index < -0.39 is 10.0 Å². The summed E-state index contributed by atoms with van der Waals surface area (Å²) in [5.74, 6) is 0.593. The second-order valence-electron chi connectivity index (χ2n) is 5.98. The number of carbonyl (C=O) groups is 1. The lowest BCUT2D eigenvalue weighted by molar-refractivity contribution is -0.125. The number of benzene rings is 1. The molecule has 0 spiro atoms. The summed E-state index contributed by atoms with van der Waals surface area (Å²) in [6.45, 7) is 1.26. The standard InChI is InChI=1S/C16H22ClFN2O3S2/c1-25(22,23)20-8-5-12(6-9-20)16(21)19-7-10-24-11-13-14(17)3-2-4-15(13)18/h2-4,12H,5-11H2,1H3,(H,19,21). The van der Waals surface area contributed by atoms with Crippen LogP contribution < -0.4 is 5.32 Å². The van der Waals surface area contributed by atoms with Gasteiger partial charge in [-0.3, -0.25) is 4.79 Å². The molecule has 9 heteroatoms. The molecule has 1 N–H and O–H groups in total. The van der Waals surface area contributed by atoms with Gasteiger partial charge in [-0.2, -0.15) is 11.8 Å². The lowest BCUT2D eigenvalue weighted by Gasteiger charge is -2.29. The summed E-state index contributed by atoms with van der Waals surface area (Å²) < 4.78 is 38.0. The minimum absolute atomic E-state index is 0.0438. The number of hydrogen-bond acceptors (Lipinski definition) is 4. The number of thioether (sulfide) groups is 1.